The van der Waals surface area contributed by atoms with Gasteiger partial charge in [0.1, 0.15) is 0 Å². The Bertz CT molecular complexity index is 270. The molecule has 1 aliphatic heterocycles. The van der Waals surface area contributed by atoms with Gasteiger partial charge in [0.05, 0.1) is 24.3 Å². The summed E-state index contributed by atoms with van der Waals surface area (Å²) in [6.07, 6.45) is 1.04. The lowest BCUT2D eigenvalue weighted by molar-refractivity contribution is -0.00467. The van der Waals surface area contributed by atoms with E-state index < -0.39 is 0 Å². The predicted molar refractivity (Wildman–Crippen MR) is 53.2 cm³/mol. The number of nitrogens with one attached hydrogen (secondary N) is 1. The molecule has 0 unspecified atom stereocenters. The van der Waals surface area contributed by atoms with Crippen molar-refractivity contribution in [3.05, 3.63) is 16.1 Å². The molecule has 0 spiro atoms. The molecule has 0 atom stereocenters. The first kappa shape index (κ1) is 9.12. The van der Waals surface area contributed by atoms with Gasteiger partial charge in [-0.05, 0) is 6.92 Å². The maximum Gasteiger partial charge on any atom is 0.0940 e. The molecule has 1 fully saturated rings. The van der Waals surface area contributed by atoms with Crippen molar-refractivity contribution in [1.29, 1.82) is 0 Å². The summed E-state index contributed by atoms with van der Waals surface area (Å²) in [7, 11) is 0. The normalized spacial score (nSPS) is 17.3. The lowest BCUT2D eigenvalue weighted by Crippen LogP contribution is -2.46. The van der Waals surface area contributed by atoms with Crippen molar-refractivity contribution in [3.8, 4) is 0 Å². The van der Waals surface area contributed by atoms with Gasteiger partial charge in [-0.1, -0.05) is 0 Å². The van der Waals surface area contributed by atoms with Gasteiger partial charge in [-0.2, -0.15) is 0 Å². The Morgan fingerprint density at radius 2 is 2.54 bits per heavy atom. The SMILES string of the molecule is Cc1csc(CCNC2COC2)n1. The highest BCUT2D eigenvalue weighted by atomic mass is 32.1. The van der Waals surface area contributed by atoms with E-state index in [1.807, 2.05) is 6.92 Å². The molecular weight excluding hydrogens is 184 g/mol. The molecule has 0 bridgehead atoms. The fraction of sp³-hybridized carbons (Fsp3) is 0.667. The predicted octanol–water partition coefficient (Wildman–Crippen LogP) is 0.982. The van der Waals surface area contributed by atoms with Crippen molar-refractivity contribution < 1.29 is 4.74 Å². The van der Waals surface area contributed by atoms with Gasteiger partial charge in [-0.3, -0.25) is 0 Å². The topological polar surface area (TPSA) is 34.1 Å². The first-order chi connectivity index (χ1) is 6.34. The molecule has 2 heterocycles. The Hall–Kier alpha value is -0.450. The summed E-state index contributed by atoms with van der Waals surface area (Å²) in [5, 5.41) is 6.74. The summed E-state index contributed by atoms with van der Waals surface area (Å²) in [6.45, 7) is 4.79. The van der Waals surface area contributed by atoms with E-state index in [0.29, 0.717) is 6.04 Å². The zero-order valence-electron chi connectivity index (χ0n) is 7.75. The van der Waals surface area contributed by atoms with Crippen molar-refractivity contribution in [2.24, 2.45) is 0 Å². The third-order valence-electron chi connectivity index (χ3n) is 2.08. The molecule has 0 aliphatic carbocycles. The van der Waals surface area contributed by atoms with E-state index in [-0.39, 0.29) is 0 Å². The number of hydrogen-bond acceptors (Lipinski definition) is 4. The Balaban J connectivity index is 1.67. The van der Waals surface area contributed by atoms with Crippen molar-refractivity contribution in [3.63, 3.8) is 0 Å². The van der Waals surface area contributed by atoms with Crippen molar-refractivity contribution in [1.82, 2.24) is 10.3 Å². The monoisotopic (exact) mass is 198 g/mol. The highest BCUT2D eigenvalue weighted by Crippen LogP contribution is 2.09. The van der Waals surface area contributed by atoms with E-state index in [0.717, 1.165) is 31.9 Å². The van der Waals surface area contributed by atoms with Crippen LogP contribution < -0.4 is 5.32 Å². The number of rotatable bonds is 4. The second-order valence-corrected chi connectivity index (χ2v) is 4.26. The fourth-order valence-corrected chi connectivity index (χ4v) is 2.03. The molecule has 1 saturated heterocycles. The van der Waals surface area contributed by atoms with Crippen LogP contribution in [0, 0.1) is 6.92 Å². The number of aryl methyl sites for hydroxylation is 1. The average molecular weight is 198 g/mol. The van der Waals surface area contributed by atoms with Gasteiger partial charge in [0, 0.05) is 24.0 Å². The average Bonchev–Trinajstić information content (AvgIpc) is 2.42. The van der Waals surface area contributed by atoms with Crippen LogP contribution >= 0.6 is 11.3 Å². The van der Waals surface area contributed by atoms with Crippen LogP contribution in [-0.4, -0.2) is 30.8 Å². The lowest BCUT2D eigenvalue weighted by atomic mass is 10.2. The Morgan fingerprint density at radius 3 is 3.08 bits per heavy atom. The Kier molecular flexibility index (Phi) is 2.93. The standard InChI is InChI=1S/C9H14N2OS/c1-7-6-13-9(11-7)2-3-10-8-4-12-5-8/h6,8,10H,2-5H2,1H3. The van der Waals surface area contributed by atoms with Gasteiger partial charge in [-0.25, -0.2) is 4.98 Å². The number of aromatic nitrogens is 1. The molecule has 0 radical (unpaired) electrons. The van der Waals surface area contributed by atoms with Gasteiger partial charge in [0.25, 0.3) is 0 Å². The van der Waals surface area contributed by atoms with E-state index in [1.54, 1.807) is 11.3 Å². The van der Waals surface area contributed by atoms with E-state index in [1.165, 1.54) is 5.01 Å². The van der Waals surface area contributed by atoms with Crippen molar-refractivity contribution in [2.45, 2.75) is 19.4 Å². The summed E-state index contributed by atoms with van der Waals surface area (Å²) in [6, 6.07) is 0.584. The smallest absolute Gasteiger partial charge is 0.0940 e. The summed E-state index contributed by atoms with van der Waals surface area (Å²) >= 11 is 1.74. The second kappa shape index (κ2) is 4.17. The van der Waals surface area contributed by atoms with Gasteiger partial charge >= 0.3 is 0 Å². The Labute approximate surface area is 82.1 Å². The van der Waals surface area contributed by atoms with Gasteiger partial charge in [-0.15, -0.1) is 11.3 Å². The minimum atomic E-state index is 0.584. The highest BCUT2D eigenvalue weighted by molar-refractivity contribution is 7.09. The molecule has 1 aromatic rings. The van der Waals surface area contributed by atoms with Crippen LogP contribution in [0.5, 0.6) is 0 Å². The molecule has 72 valence electrons. The maximum atomic E-state index is 5.07. The second-order valence-electron chi connectivity index (χ2n) is 3.32. The van der Waals surface area contributed by atoms with Gasteiger partial charge < -0.3 is 10.1 Å². The quantitative estimate of drug-likeness (QED) is 0.783. The molecule has 1 N–H and O–H groups in total. The number of thiazole rings is 1. The molecule has 13 heavy (non-hydrogen) atoms. The van der Waals surface area contributed by atoms with Crippen LogP contribution in [0.15, 0.2) is 5.38 Å². The van der Waals surface area contributed by atoms with Gasteiger partial charge in [0.2, 0.25) is 0 Å². The minimum Gasteiger partial charge on any atom is -0.378 e. The highest BCUT2D eigenvalue weighted by Gasteiger charge is 2.16. The van der Waals surface area contributed by atoms with Crippen LogP contribution in [0.1, 0.15) is 10.7 Å². The van der Waals surface area contributed by atoms with Crippen LogP contribution in [0.2, 0.25) is 0 Å². The molecule has 1 aliphatic rings. The molecule has 0 amide bonds. The number of nitrogens with zero attached hydrogens (tertiary/aromatic N) is 1. The van der Waals surface area contributed by atoms with Crippen LogP contribution in [0.3, 0.4) is 0 Å². The fourth-order valence-electron chi connectivity index (χ4n) is 1.25. The molecule has 1 aromatic heterocycles. The molecule has 0 aromatic carbocycles. The molecule has 4 heteroatoms. The van der Waals surface area contributed by atoms with E-state index in [4.69, 9.17) is 4.74 Å². The third kappa shape index (κ3) is 2.49. The van der Waals surface area contributed by atoms with Crippen molar-refractivity contribution in [2.75, 3.05) is 19.8 Å². The largest absolute Gasteiger partial charge is 0.378 e. The third-order valence-corrected chi connectivity index (χ3v) is 3.10. The summed E-state index contributed by atoms with van der Waals surface area (Å²) in [5.74, 6) is 0. The van der Waals surface area contributed by atoms with Crippen LogP contribution in [0.4, 0.5) is 0 Å². The summed E-state index contributed by atoms with van der Waals surface area (Å²) in [5.41, 5.74) is 1.13. The zero-order valence-corrected chi connectivity index (χ0v) is 8.56. The van der Waals surface area contributed by atoms with Crippen molar-refractivity contribution >= 4 is 11.3 Å². The molecular formula is C9H14N2OS. The van der Waals surface area contributed by atoms with E-state index in [9.17, 15) is 0 Å². The lowest BCUT2D eigenvalue weighted by Gasteiger charge is -2.26. The van der Waals surface area contributed by atoms with Crippen LogP contribution in [0.25, 0.3) is 0 Å². The molecule has 0 saturated carbocycles. The maximum absolute atomic E-state index is 5.07. The summed E-state index contributed by atoms with van der Waals surface area (Å²) < 4.78 is 5.07. The van der Waals surface area contributed by atoms with E-state index >= 15 is 0 Å². The molecule has 2 rings (SSSR count). The van der Waals surface area contributed by atoms with E-state index in [2.05, 4.69) is 15.7 Å². The summed E-state index contributed by atoms with van der Waals surface area (Å²) in [4.78, 5) is 4.40. The number of hydrogen-bond donors (Lipinski definition) is 1. The Morgan fingerprint density at radius 1 is 1.69 bits per heavy atom. The van der Waals surface area contributed by atoms with Crippen LogP contribution in [-0.2, 0) is 11.2 Å². The number of ether oxygens (including phenoxy) is 1. The first-order valence-corrected chi connectivity index (χ1v) is 5.44. The zero-order chi connectivity index (χ0) is 9.10. The minimum absolute atomic E-state index is 0.584. The van der Waals surface area contributed by atoms with Gasteiger partial charge in [0.15, 0.2) is 0 Å². The molecule has 3 nitrogen and oxygen atoms in total. The first-order valence-electron chi connectivity index (χ1n) is 4.57.